The molecule has 1 aliphatic heterocycles. The topological polar surface area (TPSA) is 64.2 Å². The van der Waals surface area contributed by atoms with Gasteiger partial charge < -0.3 is 9.42 Å². The molecule has 6 nitrogen and oxygen atoms in total. The van der Waals surface area contributed by atoms with Crippen molar-refractivity contribution in [3.8, 4) is 0 Å². The summed E-state index contributed by atoms with van der Waals surface area (Å²) in [6, 6.07) is 0.167. The molecule has 1 atom stereocenters. The van der Waals surface area contributed by atoms with Crippen LogP contribution in [0.5, 0.6) is 0 Å². The first-order valence-electron chi connectivity index (χ1n) is 8.73. The number of piperidine rings is 1. The second-order valence-corrected chi connectivity index (χ2v) is 7.05. The molecule has 6 heteroatoms. The maximum atomic E-state index is 13.2. The maximum absolute atomic E-state index is 13.2. The standard InChI is InChI=1S/C18H26N4O2/c1-12(2)17-16(14(4)20-24-17)18(23)22-8-6-5-7-15(22)11-21-10-13(3)9-19-21/h9-10,12,15H,5-8,11H2,1-4H3/t15-/m0/s1. The fourth-order valence-corrected chi connectivity index (χ4v) is 3.43. The minimum absolute atomic E-state index is 0.0472. The van der Waals surface area contributed by atoms with Crippen molar-refractivity contribution in [2.75, 3.05) is 6.54 Å². The first-order valence-corrected chi connectivity index (χ1v) is 8.73. The van der Waals surface area contributed by atoms with Crippen molar-refractivity contribution in [3.63, 3.8) is 0 Å². The van der Waals surface area contributed by atoms with Gasteiger partial charge in [-0.2, -0.15) is 5.10 Å². The van der Waals surface area contributed by atoms with E-state index in [1.54, 1.807) is 0 Å². The smallest absolute Gasteiger partial charge is 0.259 e. The van der Waals surface area contributed by atoms with Gasteiger partial charge in [0.2, 0.25) is 0 Å². The Morgan fingerprint density at radius 2 is 2.17 bits per heavy atom. The van der Waals surface area contributed by atoms with Crippen LogP contribution in [-0.2, 0) is 6.54 Å². The molecule has 0 spiro atoms. The number of amides is 1. The molecule has 1 fully saturated rings. The van der Waals surface area contributed by atoms with Gasteiger partial charge in [0.05, 0.1) is 24.5 Å². The minimum Gasteiger partial charge on any atom is -0.360 e. The van der Waals surface area contributed by atoms with Gasteiger partial charge in [0.15, 0.2) is 5.76 Å². The van der Waals surface area contributed by atoms with E-state index in [0.29, 0.717) is 17.0 Å². The minimum atomic E-state index is 0.0472. The summed E-state index contributed by atoms with van der Waals surface area (Å²) in [4.78, 5) is 15.2. The summed E-state index contributed by atoms with van der Waals surface area (Å²) in [7, 11) is 0. The Labute approximate surface area is 142 Å². The quantitative estimate of drug-likeness (QED) is 0.863. The first-order chi connectivity index (χ1) is 11.5. The number of aryl methyl sites for hydroxylation is 2. The number of aromatic nitrogens is 3. The lowest BCUT2D eigenvalue weighted by molar-refractivity contribution is 0.0580. The summed E-state index contributed by atoms with van der Waals surface area (Å²) in [5.41, 5.74) is 2.47. The van der Waals surface area contributed by atoms with Crippen molar-refractivity contribution in [1.29, 1.82) is 0 Å². The van der Waals surface area contributed by atoms with Crippen molar-refractivity contribution in [2.45, 2.75) is 65.5 Å². The molecule has 130 valence electrons. The lowest BCUT2D eigenvalue weighted by Crippen LogP contribution is -2.46. The van der Waals surface area contributed by atoms with E-state index in [4.69, 9.17) is 4.52 Å². The molecule has 0 aliphatic carbocycles. The third-order valence-electron chi connectivity index (χ3n) is 4.68. The normalized spacial score (nSPS) is 18.4. The third-order valence-corrected chi connectivity index (χ3v) is 4.68. The van der Waals surface area contributed by atoms with Crippen LogP contribution in [0.1, 0.15) is 66.4 Å². The molecule has 0 N–H and O–H groups in total. The maximum Gasteiger partial charge on any atom is 0.259 e. The van der Waals surface area contributed by atoms with Crippen LogP contribution in [0.25, 0.3) is 0 Å². The Hall–Kier alpha value is -2.11. The number of rotatable bonds is 4. The van der Waals surface area contributed by atoms with Gasteiger partial charge in [-0.1, -0.05) is 19.0 Å². The van der Waals surface area contributed by atoms with Gasteiger partial charge in [0.25, 0.3) is 5.91 Å². The molecular formula is C18H26N4O2. The molecule has 24 heavy (non-hydrogen) atoms. The number of carbonyl (C=O) groups is 1. The van der Waals surface area contributed by atoms with Crippen LogP contribution >= 0.6 is 0 Å². The van der Waals surface area contributed by atoms with Gasteiger partial charge in [-0.3, -0.25) is 9.48 Å². The molecule has 2 aromatic heterocycles. The van der Waals surface area contributed by atoms with Crippen molar-refractivity contribution in [2.24, 2.45) is 0 Å². The van der Waals surface area contributed by atoms with E-state index >= 15 is 0 Å². The van der Waals surface area contributed by atoms with E-state index in [-0.39, 0.29) is 17.9 Å². The molecule has 0 unspecified atom stereocenters. The summed E-state index contributed by atoms with van der Waals surface area (Å²) in [5.74, 6) is 0.880. The highest BCUT2D eigenvalue weighted by Gasteiger charge is 2.32. The van der Waals surface area contributed by atoms with Gasteiger partial charge in [0, 0.05) is 18.7 Å². The highest BCUT2D eigenvalue weighted by Crippen LogP contribution is 2.27. The van der Waals surface area contributed by atoms with Crippen molar-refractivity contribution in [3.05, 3.63) is 35.0 Å². The van der Waals surface area contributed by atoms with Gasteiger partial charge in [-0.05, 0) is 38.7 Å². The molecule has 0 saturated carbocycles. The number of carbonyl (C=O) groups excluding carboxylic acids is 1. The lowest BCUT2D eigenvalue weighted by Gasteiger charge is -2.35. The third kappa shape index (κ3) is 3.23. The summed E-state index contributed by atoms with van der Waals surface area (Å²) in [6.45, 7) is 9.45. The molecule has 0 radical (unpaired) electrons. The molecule has 1 amide bonds. The number of hydrogen-bond donors (Lipinski definition) is 0. The molecule has 2 aromatic rings. The van der Waals surface area contributed by atoms with Crippen molar-refractivity contribution >= 4 is 5.91 Å². The van der Waals surface area contributed by atoms with Gasteiger partial charge in [-0.25, -0.2) is 0 Å². The highest BCUT2D eigenvalue weighted by molar-refractivity contribution is 5.96. The molecule has 3 heterocycles. The second-order valence-electron chi connectivity index (χ2n) is 7.05. The number of likely N-dealkylation sites (tertiary alicyclic amines) is 1. The average Bonchev–Trinajstić information content (AvgIpc) is 3.13. The second kappa shape index (κ2) is 6.79. The van der Waals surface area contributed by atoms with Gasteiger partial charge in [0.1, 0.15) is 5.56 Å². The van der Waals surface area contributed by atoms with Crippen molar-refractivity contribution < 1.29 is 9.32 Å². The summed E-state index contributed by atoms with van der Waals surface area (Å²) in [6.07, 6.45) is 7.08. The Bertz CT molecular complexity index is 716. The van der Waals surface area contributed by atoms with Crippen molar-refractivity contribution in [1.82, 2.24) is 19.8 Å². The van der Waals surface area contributed by atoms with Crippen LogP contribution in [0, 0.1) is 13.8 Å². The summed E-state index contributed by atoms with van der Waals surface area (Å²) >= 11 is 0. The van der Waals surface area contributed by atoms with E-state index in [9.17, 15) is 4.79 Å². The molecule has 0 aromatic carbocycles. The molecular weight excluding hydrogens is 304 g/mol. The van der Waals surface area contributed by atoms with Crippen LogP contribution in [0.4, 0.5) is 0 Å². The molecule has 1 saturated heterocycles. The van der Waals surface area contributed by atoms with E-state index in [0.717, 1.165) is 37.9 Å². The fraction of sp³-hybridized carbons (Fsp3) is 0.611. The zero-order valence-corrected chi connectivity index (χ0v) is 15.0. The zero-order valence-electron chi connectivity index (χ0n) is 15.0. The Kier molecular flexibility index (Phi) is 4.73. The SMILES string of the molecule is Cc1cnn(C[C@@H]2CCCCN2C(=O)c2c(C)noc2C(C)C)c1. The van der Waals surface area contributed by atoms with Gasteiger partial charge >= 0.3 is 0 Å². The summed E-state index contributed by atoms with van der Waals surface area (Å²) < 4.78 is 7.35. The number of nitrogens with zero attached hydrogens (tertiary/aromatic N) is 4. The van der Waals surface area contributed by atoms with Crippen LogP contribution in [-0.4, -0.2) is 38.3 Å². The summed E-state index contributed by atoms with van der Waals surface area (Å²) in [5, 5.41) is 8.40. The predicted octanol–water partition coefficient (Wildman–Crippen LogP) is 3.31. The Balaban J connectivity index is 1.85. The van der Waals surface area contributed by atoms with E-state index < -0.39 is 0 Å². The molecule has 3 rings (SSSR count). The van der Waals surface area contributed by atoms with Crippen LogP contribution < -0.4 is 0 Å². The predicted molar refractivity (Wildman–Crippen MR) is 91.0 cm³/mol. The highest BCUT2D eigenvalue weighted by atomic mass is 16.5. The largest absolute Gasteiger partial charge is 0.360 e. The Morgan fingerprint density at radius 3 is 2.83 bits per heavy atom. The fourth-order valence-electron chi connectivity index (χ4n) is 3.43. The molecule has 1 aliphatic rings. The average molecular weight is 330 g/mol. The van der Waals surface area contributed by atoms with Crippen LogP contribution in [0.15, 0.2) is 16.9 Å². The van der Waals surface area contributed by atoms with E-state index in [1.807, 2.05) is 49.7 Å². The van der Waals surface area contributed by atoms with E-state index in [1.165, 1.54) is 0 Å². The van der Waals surface area contributed by atoms with E-state index in [2.05, 4.69) is 10.3 Å². The number of hydrogen-bond acceptors (Lipinski definition) is 4. The first kappa shape index (κ1) is 16.7. The lowest BCUT2D eigenvalue weighted by atomic mass is 9.98. The van der Waals surface area contributed by atoms with Crippen LogP contribution in [0.3, 0.4) is 0 Å². The van der Waals surface area contributed by atoms with Crippen LogP contribution in [0.2, 0.25) is 0 Å². The monoisotopic (exact) mass is 330 g/mol. The van der Waals surface area contributed by atoms with Gasteiger partial charge in [-0.15, -0.1) is 0 Å². The molecule has 0 bridgehead atoms. The Morgan fingerprint density at radius 1 is 1.38 bits per heavy atom. The zero-order chi connectivity index (χ0) is 17.3.